The molecule has 0 amide bonds. The van der Waals surface area contributed by atoms with Crippen LogP contribution in [0.25, 0.3) is 0 Å². The summed E-state index contributed by atoms with van der Waals surface area (Å²) in [6.07, 6.45) is 0. The number of thiophene rings is 1. The maximum Gasteiger partial charge on any atom is 0.133 e. The summed E-state index contributed by atoms with van der Waals surface area (Å²) in [7, 11) is 2.02. The molecule has 0 fully saturated rings. The molecule has 0 atom stereocenters. The van der Waals surface area contributed by atoms with Gasteiger partial charge in [0.15, 0.2) is 0 Å². The van der Waals surface area contributed by atoms with E-state index >= 15 is 0 Å². The van der Waals surface area contributed by atoms with Gasteiger partial charge in [-0.1, -0.05) is 17.7 Å². The number of pyridine rings is 1. The molecule has 2 aromatic heterocycles. The highest BCUT2D eigenvalue weighted by atomic mass is 35.5. The van der Waals surface area contributed by atoms with E-state index in [2.05, 4.69) is 9.88 Å². The van der Waals surface area contributed by atoms with Crippen molar-refractivity contribution in [3.05, 3.63) is 44.7 Å². The lowest BCUT2D eigenvalue weighted by Gasteiger charge is -2.20. The summed E-state index contributed by atoms with van der Waals surface area (Å²) in [6.45, 7) is 3.28. The number of nitrogens with zero attached hydrogens (tertiary/aromatic N) is 2. The van der Waals surface area contributed by atoms with Gasteiger partial charge in [-0.15, -0.1) is 11.3 Å². The van der Waals surface area contributed by atoms with E-state index in [9.17, 15) is 0 Å². The van der Waals surface area contributed by atoms with Crippen LogP contribution >= 0.6 is 22.9 Å². The summed E-state index contributed by atoms with van der Waals surface area (Å²) in [6, 6.07) is 7.99. The van der Waals surface area contributed by atoms with E-state index < -0.39 is 0 Å². The second kappa shape index (κ2) is 5.69. The Bertz CT molecular complexity index is 539. The van der Waals surface area contributed by atoms with Crippen LogP contribution in [0.4, 0.5) is 5.82 Å². The molecule has 5 heteroatoms. The molecule has 2 heterocycles. The van der Waals surface area contributed by atoms with Gasteiger partial charge in [0.2, 0.25) is 0 Å². The normalized spacial score (nSPS) is 10.7. The molecule has 0 aromatic carbocycles. The van der Waals surface area contributed by atoms with Crippen LogP contribution in [0.3, 0.4) is 0 Å². The number of hydrogen-bond donors (Lipinski definition) is 1. The molecule has 2 N–H and O–H groups in total. The lowest BCUT2D eigenvalue weighted by Crippen LogP contribution is -2.20. The fraction of sp³-hybridized carbons (Fsp3) is 0.308. The molecule has 3 nitrogen and oxygen atoms in total. The average molecular weight is 282 g/mol. The van der Waals surface area contributed by atoms with Gasteiger partial charge in [-0.2, -0.15) is 0 Å². The predicted octanol–water partition coefficient (Wildman–Crippen LogP) is 3.20. The first-order valence-corrected chi connectivity index (χ1v) is 6.91. The first-order valence-electron chi connectivity index (χ1n) is 5.72. The number of rotatable bonds is 4. The lowest BCUT2D eigenvalue weighted by molar-refractivity contribution is 0.881. The number of hydrogen-bond acceptors (Lipinski definition) is 4. The Hall–Kier alpha value is -1.10. The molecule has 0 aliphatic rings. The maximum absolute atomic E-state index is 5.94. The van der Waals surface area contributed by atoms with Crippen LogP contribution in [0, 0.1) is 6.92 Å². The molecule has 0 bridgehead atoms. The summed E-state index contributed by atoms with van der Waals surface area (Å²) in [5, 5.41) is 0. The van der Waals surface area contributed by atoms with E-state index in [1.807, 2.05) is 38.2 Å². The Morgan fingerprint density at radius 3 is 2.72 bits per heavy atom. The Labute approximate surface area is 116 Å². The molecule has 0 aliphatic heterocycles. The largest absolute Gasteiger partial charge is 0.354 e. The minimum atomic E-state index is 0.498. The Kier molecular flexibility index (Phi) is 4.22. The van der Waals surface area contributed by atoms with Gasteiger partial charge in [0.1, 0.15) is 5.82 Å². The average Bonchev–Trinajstić information content (AvgIpc) is 2.74. The zero-order valence-corrected chi connectivity index (χ0v) is 12.1. The Morgan fingerprint density at radius 2 is 2.11 bits per heavy atom. The number of aryl methyl sites for hydroxylation is 1. The van der Waals surface area contributed by atoms with E-state index in [1.54, 1.807) is 11.3 Å². The number of anilines is 1. The molecule has 96 valence electrons. The summed E-state index contributed by atoms with van der Waals surface area (Å²) < 4.78 is 0.814. The van der Waals surface area contributed by atoms with Crippen molar-refractivity contribution in [3.63, 3.8) is 0 Å². The predicted molar refractivity (Wildman–Crippen MR) is 78.3 cm³/mol. The molecule has 0 radical (unpaired) electrons. The highest BCUT2D eigenvalue weighted by molar-refractivity contribution is 7.16. The fourth-order valence-corrected chi connectivity index (χ4v) is 2.95. The molecule has 2 rings (SSSR count). The maximum atomic E-state index is 5.94. The standard InChI is InChI=1S/C13H16ClN3S/c1-9-3-4-10(7-15)13(16-9)17(2)8-11-5-6-12(14)18-11/h3-6H,7-8,15H2,1-2H3. The molecule has 0 spiro atoms. The molecule has 0 unspecified atom stereocenters. The van der Waals surface area contributed by atoms with E-state index in [4.69, 9.17) is 17.3 Å². The molecule has 18 heavy (non-hydrogen) atoms. The van der Waals surface area contributed by atoms with E-state index in [1.165, 1.54) is 4.88 Å². The SMILES string of the molecule is Cc1ccc(CN)c(N(C)Cc2ccc(Cl)s2)n1. The quantitative estimate of drug-likeness (QED) is 0.936. The minimum absolute atomic E-state index is 0.498. The van der Waals surface area contributed by atoms with E-state index in [-0.39, 0.29) is 0 Å². The van der Waals surface area contributed by atoms with Gasteiger partial charge in [0.25, 0.3) is 0 Å². The van der Waals surface area contributed by atoms with E-state index in [0.717, 1.165) is 28.0 Å². The molecular weight excluding hydrogens is 266 g/mol. The number of nitrogens with two attached hydrogens (primary N) is 1. The van der Waals surface area contributed by atoms with Crippen molar-refractivity contribution >= 4 is 28.8 Å². The third-order valence-corrected chi connectivity index (χ3v) is 3.91. The van der Waals surface area contributed by atoms with Crippen LogP contribution in [0.15, 0.2) is 24.3 Å². The van der Waals surface area contributed by atoms with Gasteiger partial charge in [-0.05, 0) is 25.1 Å². The van der Waals surface area contributed by atoms with Gasteiger partial charge >= 0.3 is 0 Å². The van der Waals surface area contributed by atoms with Crippen molar-refractivity contribution in [3.8, 4) is 0 Å². The summed E-state index contributed by atoms with van der Waals surface area (Å²) in [5.74, 6) is 0.946. The molecule has 0 aliphatic carbocycles. The lowest BCUT2D eigenvalue weighted by atomic mass is 10.2. The van der Waals surface area contributed by atoms with Gasteiger partial charge in [-0.25, -0.2) is 4.98 Å². The van der Waals surface area contributed by atoms with Gasteiger partial charge < -0.3 is 10.6 Å². The monoisotopic (exact) mass is 281 g/mol. The van der Waals surface area contributed by atoms with Crippen molar-refractivity contribution in [2.45, 2.75) is 20.0 Å². The number of halogens is 1. The summed E-state index contributed by atoms with van der Waals surface area (Å²) in [5.41, 5.74) is 7.81. The first kappa shape index (κ1) is 13.3. The smallest absolute Gasteiger partial charge is 0.133 e. The number of aromatic nitrogens is 1. The van der Waals surface area contributed by atoms with Crippen LogP contribution < -0.4 is 10.6 Å². The van der Waals surface area contributed by atoms with Gasteiger partial charge in [-0.3, -0.25) is 0 Å². The van der Waals surface area contributed by atoms with Crippen LogP contribution in [-0.2, 0) is 13.1 Å². The van der Waals surface area contributed by atoms with Crippen LogP contribution in [0.1, 0.15) is 16.1 Å². The van der Waals surface area contributed by atoms with Gasteiger partial charge in [0, 0.05) is 29.7 Å². The summed E-state index contributed by atoms with van der Waals surface area (Å²) >= 11 is 7.53. The third kappa shape index (κ3) is 3.02. The second-order valence-electron chi connectivity index (χ2n) is 4.20. The van der Waals surface area contributed by atoms with Crippen molar-refractivity contribution in [2.75, 3.05) is 11.9 Å². The Balaban J connectivity index is 2.22. The zero-order chi connectivity index (χ0) is 13.1. The topological polar surface area (TPSA) is 42.1 Å². The van der Waals surface area contributed by atoms with Crippen molar-refractivity contribution in [2.24, 2.45) is 5.73 Å². The fourth-order valence-electron chi connectivity index (χ4n) is 1.81. The molecule has 2 aromatic rings. The van der Waals surface area contributed by atoms with Crippen LogP contribution in [0.5, 0.6) is 0 Å². The highest BCUT2D eigenvalue weighted by Gasteiger charge is 2.10. The van der Waals surface area contributed by atoms with Crippen molar-refractivity contribution in [1.82, 2.24) is 4.98 Å². The van der Waals surface area contributed by atoms with Crippen LogP contribution in [0.2, 0.25) is 4.34 Å². The first-order chi connectivity index (χ1) is 8.60. The second-order valence-corrected chi connectivity index (χ2v) is 6.00. The van der Waals surface area contributed by atoms with Crippen molar-refractivity contribution < 1.29 is 0 Å². The summed E-state index contributed by atoms with van der Waals surface area (Å²) in [4.78, 5) is 7.89. The Morgan fingerprint density at radius 1 is 1.33 bits per heavy atom. The zero-order valence-electron chi connectivity index (χ0n) is 10.5. The highest BCUT2D eigenvalue weighted by Crippen LogP contribution is 2.25. The third-order valence-electron chi connectivity index (χ3n) is 2.70. The van der Waals surface area contributed by atoms with Crippen molar-refractivity contribution in [1.29, 1.82) is 0 Å². The minimum Gasteiger partial charge on any atom is -0.354 e. The molecule has 0 saturated heterocycles. The van der Waals surface area contributed by atoms with Gasteiger partial charge in [0.05, 0.1) is 10.9 Å². The molecule has 0 saturated carbocycles. The van der Waals surface area contributed by atoms with E-state index in [0.29, 0.717) is 6.54 Å². The molecular formula is C13H16ClN3S. The van der Waals surface area contributed by atoms with Crippen LogP contribution in [-0.4, -0.2) is 12.0 Å².